The third-order valence-electron chi connectivity index (χ3n) is 18.3. The lowest BCUT2D eigenvalue weighted by Gasteiger charge is -2.46. The predicted molar refractivity (Wildman–Crippen MR) is 391 cm³/mol. The Morgan fingerprint density at radius 1 is 0.326 bits per heavy atom. The molecule has 0 N–H and O–H groups in total. The van der Waals surface area contributed by atoms with Crippen LogP contribution in [0.3, 0.4) is 0 Å². The van der Waals surface area contributed by atoms with E-state index in [0.717, 1.165) is 124 Å². The van der Waals surface area contributed by atoms with Gasteiger partial charge in [0, 0.05) is 96.6 Å². The number of hydrogen-bond donors (Lipinski definition) is 0. The fraction of sp³-hybridized carbons (Fsp3) is 0.0120. The Balaban J connectivity index is 0.977. The van der Waals surface area contributed by atoms with Crippen LogP contribution >= 0.6 is 11.8 Å². The quantitative estimate of drug-likeness (QED) is 0.0838. The Bertz CT molecular complexity index is 4880. The van der Waals surface area contributed by atoms with Gasteiger partial charge in [0.15, 0.2) is 0 Å². The van der Waals surface area contributed by atoms with Gasteiger partial charge in [-0.15, -0.1) is 11.8 Å². The lowest BCUT2D eigenvalue weighted by atomic mass is 9.31. The van der Waals surface area contributed by atoms with Crippen molar-refractivity contribution >= 4 is 143 Å². The monoisotopic (exact) mass is 1200 g/mol. The molecule has 4 aliphatic rings. The van der Waals surface area contributed by atoms with Crippen molar-refractivity contribution < 1.29 is 4.74 Å². The first kappa shape index (κ1) is 54.7. The predicted octanol–water partition coefficient (Wildman–Crippen LogP) is 18.9. The summed E-state index contributed by atoms with van der Waals surface area (Å²) >= 11 is 1.79. The third kappa shape index (κ3) is 9.31. The summed E-state index contributed by atoms with van der Waals surface area (Å²) in [6, 6.07) is 121. The molecule has 0 saturated carbocycles. The van der Waals surface area contributed by atoms with Gasteiger partial charge >= 0.3 is 0 Å². The summed E-state index contributed by atoms with van der Waals surface area (Å²) in [7, 11) is 0. The highest BCUT2D eigenvalue weighted by molar-refractivity contribution is 8.08. The highest BCUT2D eigenvalue weighted by Crippen LogP contribution is 2.52. The van der Waals surface area contributed by atoms with Gasteiger partial charge in [0.25, 0.3) is 6.71 Å². The molecule has 0 fully saturated rings. The van der Waals surface area contributed by atoms with Crippen molar-refractivity contribution in [2.45, 2.75) is 0 Å². The average molecular weight is 1200 g/mol. The molecule has 0 atom stereocenters. The van der Waals surface area contributed by atoms with E-state index in [-0.39, 0.29) is 13.4 Å². The first-order valence-electron chi connectivity index (χ1n) is 31.4. The molecule has 4 aliphatic heterocycles. The molecule has 92 heavy (non-hydrogen) atoms. The molecule has 434 valence electrons. The Hall–Kier alpha value is -11.4. The zero-order valence-electron chi connectivity index (χ0n) is 50.5. The van der Waals surface area contributed by atoms with Crippen LogP contribution in [0.5, 0.6) is 11.5 Å². The summed E-state index contributed by atoms with van der Waals surface area (Å²) in [4.78, 5) is 13.4. The number of hydrogen-bond acceptors (Lipinski definition) is 7. The van der Waals surface area contributed by atoms with E-state index in [2.05, 4.69) is 370 Å². The second kappa shape index (κ2) is 23.2. The second-order valence-electron chi connectivity index (χ2n) is 23.5. The van der Waals surface area contributed by atoms with Crippen LogP contribution in [0.4, 0.5) is 79.6 Å². The molecule has 0 spiro atoms. The highest BCUT2D eigenvalue weighted by Gasteiger charge is 2.47. The van der Waals surface area contributed by atoms with Crippen LogP contribution in [0.2, 0.25) is 0 Å². The molecule has 0 saturated heterocycles. The maximum atomic E-state index is 7.81. The second-order valence-corrected chi connectivity index (χ2v) is 24.3. The minimum absolute atomic E-state index is 0.185. The Morgan fingerprint density at radius 3 is 1.22 bits per heavy atom. The number of allylic oxidation sites excluding steroid dienone is 1. The van der Waals surface area contributed by atoms with Gasteiger partial charge in [-0.05, 0) is 154 Å². The van der Waals surface area contributed by atoms with E-state index in [1.54, 1.807) is 11.8 Å². The van der Waals surface area contributed by atoms with Gasteiger partial charge in [-0.2, -0.15) is 0 Å². The molecule has 0 unspecified atom stereocenters. The number of para-hydroxylation sites is 8. The molecule has 0 bridgehead atoms. The smallest absolute Gasteiger partial charge is 0.252 e. The Labute approximate surface area is 542 Å². The van der Waals surface area contributed by atoms with Gasteiger partial charge in [0.2, 0.25) is 6.71 Å². The standard InChI is InChI=1S/C83H59B2N5OS/c1-92-83(59-33-13-3-14-34-59)80(58-31-11-2-12-32-58)77-57-84-71-55-70-73(56-78(71)91-79-54-68(53-76(82(79)84)90(77)66-47-27-10-28-48-66)87(62-39-19-6-20-40-62)63-41-21-7-22-42-63)89(65-45-25-9-26-46-65)75-52-67(86(60-35-15-4-16-36-60)61-37-17-5-18-38-61)51-74-81(75)85(70)69-49-29-30-50-72(69)88(74)64-43-23-8-24-44-64/h2-57H,1H3/b83-80-. The van der Waals surface area contributed by atoms with Crippen LogP contribution in [0, 0.1) is 0 Å². The molecule has 0 aromatic heterocycles. The number of nitrogens with zero attached hydrogens (tertiary/aromatic N) is 5. The summed E-state index contributed by atoms with van der Waals surface area (Å²) < 4.78 is 7.81. The summed E-state index contributed by atoms with van der Waals surface area (Å²) in [5, 5.41) is 0. The maximum Gasteiger partial charge on any atom is 0.252 e. The van der Waals surface area contributed by atoms with Gasteiger partial charge in [-0.3, -0.25) is 0 Å². The molecule has 0 radical (unpaired) electrons. The van der Waals surface area contributed by atoms with Gasteiger partial charge in [-0.1, -0.05) is 218 Å². The minimum Gasteiger partial charge on any atom is -0.458 e. The van der Waals surface area contributed by atoms with E-state index in [1.165, 1.54) is 21.3 Å². The average Bonchev–Trinajstić information content (AvgIpc) is 0.696. The van der Waals surface area contributed by atoms with Gasteiger partial charge < -0.3 is 29.2 Å². The normalized spacial score (nSPS) is 13.3. The number of fused-ring (bicyclic) bond motifs is 6. The topological polar surface area (TPSA) is 25.4 Å². The van der Waals surface area contributed by atoms with E-state index in [0.29, 0.717) is 0 Å². The van der Waals surface area contributed by atoms with Crippen LogP contribution in [0.15, 0.2) is 345 Å². The van der Waals surface area contributed by atoms with Crippen molar-refractivity contribution in [3.8, 4) is 11.5 Å². The zero-order chi connectivity index (χ0) is 61.1. The first-order chi connectivity index (χ1) is 45.6. The van der Waals surface area contributed by atoms with Crippen molar-refractivity contribution in [3.63, 3.8) is 0 Å². The van der Waals surface area contributed by atoms with Crippen LogP contribution in [0.1, 0.15) is 11.1 Å². The van der Waals surface area contributed by atoms with Crippen molar-refractivity contribution in [2.24, 2.45) is 0 Å². The molecule has 17 rings (SSSR count). The fourth-order valence-corrected chi connectivity index (χ4v) is 15.3. The zero-order valence-corrected chi connectivity index (χ0v) is 51.4. The maximum absolute atomic E-state index is 7.81. The number of benzene rings is 13. The van der Waals surface area contributed by atoms with E-state index >= 15 is 0 Å². The number of thioether (sulfide) groups is 1. The van der Waals surface area contributed by atoms with Crippen LogP contribution in [0.25, 0.3) is 10.5 Å². The van der Waals surface area contributed by atoms with Crippen LogP contribution in [-0.4, -0.2) is 19.7 Å². The van der Waals surface area contributed by atoms with E-state index in [4.69, 9.17) is 4.74 Å². The van der Waals surface area contributed by atoms with Crippen LogP contribution in [-0.2, 0) is 0 Å². The Morgan fingerprint density at radius 2 is 0.728 bits per heavy atom. The SMILES string of the molecule is CS/C(=C(\C1=CB2c3cc4c(cc3Oc3cc(N(c5ccccc5)c5ccccc5)cc(c32)N1c1ccccc1)N(c1ccccc1)c1cc(N(c2ccccc2)c2ccccc2)cc2c1B4c1ccccc1N2c1ccccc1)c1ccccc1)c1ccccc1. The number of rotatable bonds is 13. The highest BCUT2D eigenvalue weighted by atomic mass is 32.2. The van der Waals surface area contributed by atoms with E-state index in [9.17, 15) is 0 Å². The molecule has 6 nitrogen and oxygen atoms in total. The molecule has 13 aromatic carbocycles. The number of ether oxygens (including phenoxy) is 1. The largest absolute Gasteiger partial charge is 0.458 e. The summed E-state index contributed by atoms with van der Waals surface area (Å²) in [5.41, 5.74) is 25.2. The van der Waals surface area contributed by atoms with Gasteiger partial charge in [0.1, 0.15) is 11.5 Å². The molecule has 0 amide bonds. The van der Waals surface area contributed by atoms with Crippen LogP contribution < -0.4 is 56.6 Å². The number of anilines is 14. The molecule has 9 heteroatoms. The summed E-state index contributed by atoms with van der Waals surface area (Å²) in [6.07, 6.45) is 2.22. The Kier molecular flexibility index (Phi) is 13.8. The van der Waals surface area contributed by atoms with Gasteiger partial charge in [-0.25, -0.2) is 0 Å². The van der Waals surface area contributed by atoms with E-state index in [1.807, 2.05) is 0 Å². The fourth-order valence-electron chi connectivity index (χ4n) is 14.5. The molecule has 0 aliphatic carbocycles. The minimum atomic E-state index is -0.268. The third-order valence-corrected chi connectivity index (χ3v) is 19.1. The molecular formula is C83H59B2N5OS. The van der Waals surface area contributed by atoms with Crippen molar-refractivity contribution in [1.29, 1.82) is 0 Å². The van der Waals surface area contributed by atoms with Crippen molar-refractivity contribution in [2.75, 3.05) is 30.8 Å². The van der Waals surface area contributed by atoms with E-state index < -0.39 is 0 Å². The summed E-state index contributed by atoms with van der Waals surface area (Å²) in [6.45, 7) is -0.453. The van der Waals surface area contributed by atoms with Gasteiger partial charge in [0.05, 0.1) is 11.4 Å². The van der Waals surface area contributed by atoms with Crippen molar-refractivity contribution in [1.82, 2.24) is 0 Å². The lowest BCUT2D eigenvalue weighted by Crippen LogP contribution is -2.62. The molecule has 13 aromatic rings. The summed E-state index contributed by atoms with van der Waals surface area (Å²) in [5.74, 6) is 4.16. The molecule has 4 heterocycles. The first-order valence-corrected chi connectivity index (χ1v) is 32.7. The molecular weight excluding hydrogens is 1140 g/mol. The van der Waals surface area contributed by atoms with Crippen molar-refractivity contribution in [3.05, 3.63) is 356 Å². The lowest BCUT2D eigenvalue weighted by molar-refractivity contribution is 0.488.